The fourth-order valence-corrected chi connectivity index (χ4v) is 3.81. The molecule has 1 amide bonds. The van der Waals surface area contributed by atoms with E-state index >= 15 is 0 Å². The summed E-state index contributed by atoms with van der Waals surface area (Å²) >= 11 is 0. The van der Waals surface area contributed by atoms with Gasteiger partial charge in [-0.25, -0.2) is 9.59 Å². The van der Waals surface area contributed by atoms with Crippen LogP contribution in [0, 0.1) is 20.8 Å². The second kappa shape index (κ2) is 12.0. The van der Waals surface area contributed by atoms with Gasteiger partial charge in [0.25, 0.3) is 0 Å². The number of amides is 1. The third-order valence-electron chi connectivity index (χ3n) is 5.51. The minimum Gasteiger partial charge on any atom is -0.491 e. The summed E-state index contributed by atoms with van der Waals surface area (Å²) < 4.78 is 10.9. The van der Waals surface area contributed by atoms with E-state index in [1.807, 2.05) is 45.0 Å². The van der Waals surface area contributed by atoms with Crippen molar-refractivity contribution < 1.29 is 29.3 Å². The van der Waals surface area contributed by atoms with Gasteiger partial charge in [0.2, 0.25) is 0 Å². The fourth-order valence-electron chi connectivity index (χ4n) is 3.81. The molecule has 2 atom stereocenters. The normalized spacial score (nSPS) is 13.1. The van der Waals surface area contributed by atoms with Crippen molar-refractivity contribution in [1.82, 2.24) is 5.32 Å². The molecule has 5 N–H and O–H groups in total. The number of carbonyl (C=O) groups excluding carboxylic acids is 1. The molecule has 0 aliphatic carbocycles. The summed E-state index contributed by atoms with van der Waals surface area (Å²) in [5, 5.41) is 21.7. The van der Waals surface area contributed by atoms with Gasteiger partial charge in [0.05, 0.1) is 0 Å². The molecule has 0 saturated heterocycles. The lowest BCUT2D eigenvalue weighted by atomic mass is 9.91. The first kappa shape index (κ1) is 28.1. The van der Waals surface area contributed by atoms with Gasteiger partial charge in [-0.1, -0.05) is 24.3 Å². The van der Waals surface area contributed by atoms with E-state index in [1.54, 1.807) is 20.8 Å². The SMILES string of the molecule is Cc1cc(Cc2c(C)cc(CC(NC(=O)OC(C)(C)C)C(=O)O)cc2C)ccc1OCC(O)CN. The van der Waals surface area contributed by atoms with Gasteiger partial charge < -0.3 is 30.7 Å². The highest BCUT2D eigenvalue weighted by molar-refractivity contribution is 5.80. The van der Waals surface area contributed by atoms with Crippen LogP contribution in [-0.4, -0.2) is 53.2 Å². The maximum atomic E-state index is 12.1. The summed E-state index contributed by atoms with van der Waals surface area (Å²) in [6, 6.07) is 8.79. The maximum absolute atomic E-state index is 12.1. The lowest BCUT2D eigenvalue weighted by molar-refractivity contribution is -0.139. The smallest absolute Gasteiger partial charge is 0.408 e. The second-order valence-corrected chi connectivity index (χ2v) is 9.93. The van der Waals surface area contributed by atoms with E-state index in [2.05, 4.69) is 11.4 Å². The monoisotopic (exact) mass is 486 g/mol. The van der Waals surface area contributed by atoms with Crippen LogP contribution in [0.25, 0.3) is 0 Å². The van der Waals surface area contributed by atoms with E-state index in [1.165, 1.54) is 0 Å². The molecule has 8 heteroatoms. The molecule has 0 saturated carbocycles. The second-order valence-electron chi connectivity index (χ2n) is 9.93. The highest BCUT2D eigenvalue weighted by atomic mass is 16.6. The van der Waals surface area contributed by atoms with Crippen molar-refractivity contribution in [1.29, 1.82) is 0 Å². The van der Waals surface area contributed by atoms with Crippen LogP contribution in [0.5, 0.6) is 5.75 Å². The van der Waals surface area contributed by atoms with Gasteiger partial charge in [0, 0.05) is 13.0 Å². The summed E-state index contributed by atoms with van der Waals surface area (Å²) in [6.07, 6.45) is -0.590. The Kier molecular flexibility index (Phi) is 9.68. The Morgan fingerprint density at radius 3 is 2.14 bits per heavy atom. The number of rotatable bonds is 10. The van der Waals surface area contributed by atoms with Gasteiger partial charge in [-0.15, -0.1) is 0 Å². The molecule has 2 unspecified atom stereocenters. The number of carbonyl (C=O) groups is 2. The van der Waals surface area contributed by atoms with Crippen LogP contribution >= 0.6 is 0 Å². The summed E-state index contributed by atoms with van der Waals surface area (Å²) in [5.74, 6) is -0.408. The van der Waals surface area contributed by atoms with Crippen molar-refractivity contribution in [3.63, 3.8) is 0 Å². The van der Waals surface area contributed by atoms with Crippen molar-refractivity contribution in [3.8, 4) is 5.75 Å². The molecular weight excluding hydrogens is 448 g/mol. The van der Waals surface area contributed by atoms with Crippen molar-refractivity contribution >= 4 is 12.1 Å². The van der Waals surface area contributed by atoms with Gasteiger partial charge in [-0.2, -0.15) is 0 Å². The quantitative estimate of drug-likeness (QED) is 0.405. The number of aliphatic hydroxyl groups is 1. The number of aryl methyl sites for hydroxylation is 3. The van der Waals surface area contributed by atoms with E-state index in [-0.39, 0.29) is 19.6 Å². The molecule has 2 rings (SSSR count). The Labute approximate surface area is 207 Å². The zero-order valence-electron chi connectivity index (χ0n) is 21.5. The van der Waals surface area contributed by atoms with Crippen LogP contribution in [0.3, 0.4) is 0 Å². The first-order valence-electron chi connectivity index (χ1n) is 11.7. The van der Waals surface area contributed by atoms with Crippen LogP contribution in [0.2, 0.25) is 0 Å². The van der Waals surface area contributed by atoms with Gasteiger partial charge in [-0.3, -0.25) is 0 Å². The van der Waals surface area contributed by atoms with Crippen molar-refractivity contribution in [3.05, 3.63) is 63.7 Å². The molecule has 192 valence electrons. The van der Waals surface area contributed by atoms with Crippen molar-refractivity contribution in [2.24, 2.45) is 5.73 Å². The number of nitrogens with two attached hydrogens (primary N) is 1. The molecular formula is C27H38N2O6. The number of hydrogen-bond acceptors (Lipinski definition) is 6. The zero-order valence-corrected chi connectivity index (χ0v) is 21.5. The molecule has 0 bridgehead atoms. The minimum atomic E-state index is -1.12. The molecule has 35 heavy (non-hydrogen) atoms. The minimum absolute atomic E-state index is 0.149. The number of aliphatic hydroxyl groups excluding tert-OH is 1. The number of aliphatic carboxylic acids is 1. The molecule has 0 spiro atoms. The van der Waals surface area contributed by atoms with Crippen LogP contribution in [-0.2, 0) is 22.4 Å². The zero-order chi connectivity index (χ0) is 26.3. The average Bonchev–Trinajstić information content (AvgIpc) is 2.73. The molecule has 0 aliphatic rings. The summed E-state index contributed by atoms with van der Waals surface area (Å²) in [4.78, 5) is 23.8. The van der Waals surface area contributed by atoms with E-state index in [9.17, 15) is 19.8 Å². The van der Waals surface area contributed by atoms with Crippen molar-refractivity contribution in [2.75, 3.05) is 13.2 Å². The summed E-state index contributed by atoms with van der Waals surface area (Å²) in [5.41, 5.74) is 10.9. The number of nitrogens with one attached hydrogen (secondary N) is 1. The van der Waals surface area contributed by atoms with E-state index in [4.69, 9.17) is 15.2 Å². The first-order valence-corrected chi connectivity index (χ1v) is 11.7. The molecule has 0 aliphatic heterocycles. The van der Waals surface area contributed by atoms with Crippen LogP contribution in [0.4, 0.5) is 4.79 Å². The third kappa shape index (κ3) is 8.88. The first-order chi connectivity index (χ1) is 16.3. The largest absolute Gasteiger partial charge is 0.491 e. The molecule has 8 nitrogen and oxygen atoms in total. The van der Waals surface area contributed by atoms with Crippen LogP contribution in [0.1, 0.15) is 54.2 Å². The molecule has 0 fully saturated rings. The number of hydrogen-bond donors (Lipinski definition) is 4. The molecule has 0 heterocycles. The highest BCUT2D eigenvalue weighted by Crippen LogP contribution is 2.25. The third-order valence-corrected chi connectivity index (χ3v) is 5.51. The van der Waals surface area contributed by atoms with Gasteiger partial charge in [0.1, 0.15) is 30.1 Å². The van der Waals surface area contributed by atoms with E-state index < -0.39 is 29.8 Å². The van der Waals surface area contributed by atoms with E-state index in [0.29, 0.717) is 12.2 Å². The Bertz CT molecular complexity index is 1020. The average molecular weight is 487 g/mol. The number of benzene rings is 2. The standard InChI is InChI=1S/C27H38N2O6/c1-16-9-20(13-23(25(31)32)29-26(33)35-27(4,5)6)10-17(2)22(16)12-19-7-8-24(18(3)11-19)34-15-21(30)14-28/h7-11,21,23,30H,12-15,28H2,1-6H3,(H,29,33)(H,31,32). The lowest BCUT2D eigenvalue weighted by Crippen LogP contribution is -2.44. The molecule has 0 radical (unpaired) electrons. The number of carboxylic acid groups (broad SMARTS) is 1. The van der Waals surface area contributed by atoms with Gasteiger partial charge in [-0.05, 0) is 87.4 Å². The summed E-state index contributed by atoms with van der Waals surface area (Å²) in [7, 11) is 0. The lowest BCUT2D eigenvalue weighted by Gasteiger charge is -2.22. The predicted octanol–water partition coefficient (Wildman–Crippen LogP) is 3.42. The van der Waals surface area contributed by atoms with Gasteiger partial charge in [0.15, 0.2) is 0 Å². The van der Waals surface area contributed by atoms with E-state index in [0.717, 1.165) is 33.4 Å². The maximum Gasteiger partial charge on any atom is 0.408 e. The Balaban J connectivity index is 2.14. The highest BCUT2D eigenvalue weighted by Gasteiger charge is 2.24. The van der Waals surface area contributed by atoms with Gasteiger partial charge >= 0.3 is 12.1 Å². The molecule has 2 aromatic rings. The van der Waals surface area contributed by atoms with Crippen LogP contribution < -0.4 is 15.8 Å². The topological polar surface area (TPSA) is 131 Å². The number of alkyl carbamates (subject to hydrolysis) is 1. The Morgan fingerprint density at radius 2 is 1.63 bits per heavy atom. The number of ether oxygens (including phenoxy) is 2. The fraction of sp³-hybridized carbons (Fsp3) is 0.481. The predicted molar refractivity (Wildman–Crippen MR) is 135 cm³/mol. The Hall–Kier alpha value is -3.10. The molecule has 2 aromatic carbocycles. The van der Waals surface area contributed by atoms with Crippen LogP contribution in [0.15, 0.2) is 30.3 Å². The van der Waals surface area contributed by atoms with Crippen molar-refractivity contribution in [2.45, 2.75) is 72.1 Å². The number of carboxylic acids is 1. The molecule has 0 aromatic heterocycles. The Morgan fingerprint density at radius 1 is 1.03 bits per heavy atom. The summed E-state index contributed by atoms with van der Waals surface area (Å²) in [6.45, 7) is 11.4.